The second-order valence-electron chi connectivity index (χ2n) is 4.14. The number of hydrogen-bond donors (Lipinski definition) is 2. The Kier molecular flexibility index (Phi) is 2.46. The molecule has 1 aromatic rings. The van der Waals surface area contributed by atoms with E-state index >= 15 is 0 Å². The summed E-state index contributed by atoms with van der Waals surface area (Å²) in [5, 5.41) is 13.3. The third-order valence-corrected chi connectivity index (χ3v) is 3.23. The molecule has 1 unspecified atom stereocenters. The number of rotatable bonds is 1. The van der Waals surface area contributed by atoms with Crippen molar-refractivity contribution in [2.75, 3.05) is 13.1 Å². The molecule has 2 N–H and O–H groups in total. The van der Waals surface area contributed by atoms with Gasteiger partial charge in [0.05, 0.1) is 0 Å². The summed E-state index contributed by atoms with van der Waals surface area (Å²) in [7, 11) is 0. The van der Waals surface area contributed by atoms with E-state index in [9.17, 15) is 5.11 Å². The summed E-state index contributed by atoms with van der Waals surface area (Å²) in [6.45, 7) is 6.08. The maximum Gasteiger partial charge on any atom is 0.122 e. The van der Waals surface area contributed by atoms with E-state index in [1.807, 2.05) is 13.8 Å². The average Bonchev–Trinajstić information content (AvgIpc) is 2.67. The first kappa shape index (κ1) is 9.53. The fourth-order valence-corrected chi connectivity index (χ4v) is 2.07. The Balaban J connectivity index is 2.38. The molecule has 1 saturated heterocycles. The standard InChI is InChI=1S/C12H17NO/c1-8-3-4-11(12(14)9(8)2)10-5-6-13-7-10/h3-4,10,13-14H,5-7H2,1-2H3. The Morgan fingerprint density at radius 1 is 1.36 bits per heavy atom. The zero-order chi connectivity index (χ0) is 10.1. The Hall–Kier alpha value is -1.02. The predicted octanol–water partition coefficient (Wildman–Crippen LogP) is 2.09. The highest BCUT2D eigenvalue weighted by atomic mass is 16.3. The van der Waals surface area contributed by atoms with Gasteiger partial charge < -0.3 is 10.4 Å². The summed E-state index contributed by atoms with van der Waals surface area (Å²) in [6, 6.07) is 4.16. The van der Waals surface area contributed by atoms with Crippen molar-refractivity contribution < 1.29 is 5.11 Å². The molecule has 0 radical (unpaired) electrons. The lowest BCUT2D eigenvalue weighted by Crippen LogP contribution is -2.08. The second kappa shape index (κ2) is 3.62. The smallest absolute Gasteiger partial charge is 0.122 e. The summed E-state index contributed by atoms with van der Waals surface area (Å²) < 4.78 is 0. The molecular weight excluding hydrogens is 174 g/mol. The van der Waals surface area contributed by atoms with Gasteiger partial charge in [0.25, 0.3) is 0 Å². The highest BCUT2D eigenvalue weighted by Crippen LogP contribution is 2.33. The number of benzene rings is 1. The summed E-state index contributed by atoms with van der Waals surface area (Å²) in [6.07, 6.45) is 1.13. The lowest BCUT2D eigenvalue weighted by atomic mass is 9.93. The van der Waals surface area contributed by atoms with Gasteiger partial charge in [-0.2, -0.15) is 0 Å². The van der Waals surface area contributed by atoms with Crippen LogP contribution in [0.3, 0.4) is 0 Å². The first-order chi connectivity index (χ1) is 6.70. The minimum absolute atomic E-state index is 0.495. The van der Waals surface area contributed by atoms with Crippen LogP contribution in [-0.4, -0.2) is 18.2 Å². The van der Waals surface area contributed by atoms with Crippen molar-refractivity contribution in [2.45, 2.75) is 26.2 Å². The van der Waals surface area contributed by atoms with E-state index in [1.165, 1.54) is 0 Å². The third kappa shape index (κ3) is 1.50. The highest BCUT2D eigenvalue weighted by Gasteiger charge is 2.20. The van der Waals surface area contributed by atoms with E-state index in [1.54, 1.807) is 0 Å². The fourth-order valence-electron chi connectivity index (χ4n) is 2.07. The quantitative estimate of drug-likeness (QED) is 0.712. The van der Waals surface area contributed by atoms with Crippen molar-refractivity contribution in [2.24, 2.45) is 0 Å². The molecule has 0 aromatic heterocycles. The first-order valence-corrected chi connectivity index (χ1v) is 5.20. The van der Waals surface area contributed by atoms with Crippen LogP contribution in [0.1, 0.15) is 29.0 Å². The van der Waals surface area contributed by atoms with Gasteiger partial charge in [-0.15, -0.1) is 0 Å². The molecule has 0 bridgehead atoms. The third-order valence-electron chi connectivity index (χ3n) is 3.23. The molecule has 1 heterocycles. The van der Waals surface area contributed by atoms with Crippen LogP contribution in [0.25, 0.3) is 0 Å². The van der Waals surface area contributed by atoms with E-state index in [2.05, 4.69) is 17.4 Å². The summed E-state index contributed by atoms with van der Waals surface area (Å²) in [5.41, 5.74) is 3.30. The summed E-state index contributed by atoms with van der Waals surface area (Å²) in [4.78, 5) is 0. The van der Waals surface area contributed by atoms with E-state index < -0.39 is 0 Å². The zero-order valence-corrected chi connectivity index (χ0v) is 8.80. The van der Waals surface area contributed by atoms with Gasteiger partial charge in [0.15, 0.2) is 0 Å². The van der Waals surface area contributed by atoms with E-state index in [-0.39, 0.29) is 0 Å². The maximum absolute atomic E-state index is 10.0. The molecule has 76 valence electrons. The van der Waals surface area contributed by atoms with Gasteiger partial charge in [0.1, 0.15) is 5.75 Å². The molecule has 0 amide bonds. The molecule has 0 spiro atoms. The van der Waals surface area contributed by atoms with Gasteiger partial charge in [-0.25, -0.2) is 0 Å². The van der Waals surface area contributed by atoms with Crippen LogP contribution in [-0.2, 0) is 0 Å². The molecule has 0 aliphatic carbocycles. The van der Waals surface area contributed by atoms with Gasteiger partial charge in [0, 0.05) is 12.5 Å². The van der Waals surface area contributed by atoms with Crippen molar-refractivity contribution in [1.29, 1.82) is 0 Å². The number of aromatic hydroxyl groups is 1. The lowest BCUT2D eigenvalue weighted by Gasteiger charge is -2.14. The Morgan fingerprint density at radius 3 is 2.79 bits per heavy atom. The highest BCUT2D eigenvalue weighted by molar-refractivity contribution is 5.46. The molecule has 2 heteroatoms. The van der Waals surface area contributed by atoms with Crippen molar-refractivity contribution >= 4 is 0 Å². The van der Waals surface area contributed by atoms with Crippen LogP contribution >= 0.6 is 0 Å². The number of phenolic OH excluding ortho intramolecular Hbond substituents is 1. The van der Waals surface area contributed by atoms with E-state index in [0.29, 0.717) is 11.7 Å². The number of phenols is 1. The molecule has 1 atom stereocenters. The van der Waals surface area contributed by atoms with Crippen LogP contribution < -0.4 is 5.32 Å². The largest absolute Gasteiger partial charge is 0.507 e. The van der Waals surface area contributed by atoms with E-state index in [0.717, 1.165) is 36.2 Å². The van der Waals surface area contributed by atoms with Crippen molar-refractivity contribution in [3.05, 3.63) is 28.8 Å². The van der Waals surface area contributed by atoms with Crippen molar-refractivity contribution in [3.8, 4) is 5.75 Å². The van der Waals surface area contributed by atoms with Crippen LogP contribution in [0.4, 0.5) is 0 Å². The van der Waals surface area contributed by atoms with Gasteiger partial charge >= 0.3 is 0 Å². The van der Waals surface area contributed by atoms with Gasteiger partial charge in [-0.3, -0.25) is 0 Å². The van der Waals surface area contributed by atoms with Gasteiger partial charge in [0.2, 0.25) is 0 Å². The van der Waals surface area contributed by atoms with Gasteiger partial charge in [-0.05, 0) is 43.5 Å². The molecule has 1 fully saturated rings. The molecule has 2 rings (SSSR count). The Bertz CT molecular complexity index is 340. The zero-order valence-electron chi connectivity index (χ0n) is 8.80. The fraction of sp³-hybridized carbons (Fsp3) is 0.500. The number of aryl methyl sites for hydroxylation is 1. The predicted molar refractivity (Wildman–Crippen MR) is 57.8 cm³/mol. The van der Waals surface area contributed by atoms with Crippen molar-refractivity contribution in [1.82, 2.24) is 5.32 Å². The summed E-state index contributed by atoms with van der Waals surface area (Å²) >= 11 is 0. The van der Waals surface area contributed by atoms with Gasteiger partial charge in [-0.1, -0.05) is 12.1 Å². The van der Waals surface area contributed by atoms with Crippen LogP contribution in [0.2, 0.25) is 0 Å². The molecular formula is C12H17NO. The molecule has 1 aliphatic heterocycles. The Morgan fingerprint density at radius 2 is 2.14 bits per heavy atom. The minimum atomic E-state index is 0.495. The lowest BCUT2D eigenvalue weighted by molar-refractivity contribution is 0.458. The molecule has 2 nitrogen and oxygen atoms in total. The monoisotopic (exact) mass is 191 g/mol. The first-order valence-electron chi connectivity index (χ1n) is 5.20. The van der Waals surface area contributed by atoms with Crippen LogP contribution in [0.15, 0.2) is 12.1 Å². The van der Waals surface area contributed by atoms with Crippen LogP contribution in [0, 0.1) is 13.8 Å². The second-order valence-corrected chi connectivity index (χ2v) is 4.14. The average molecular weight is 191 g/mol. The SMILES string of the molecule is Cc1ccc(C2CCNC2)c(O)c1C. The van der Waals surface area contributed by atoms with E-state index in [4.69, 9.17) is 0 Å². The van der Waals surface area contributed by atoms with Crippen LogP contribution in [0.5, 0.6) is 5.75 Å². The number of nitrogens with one attached hydrogen (secondary N) is 1. The Labute approximate surface area is 85.0 Å². The molecule has 1 aliphatic rings. The summed E-state index contributed by atoms with van der Waals surface area (Å²) in [5.74, 6) is 0.994. The molecule has 0 saturated carbocycles. The topological polar surface area (TPSA) is 32.3 Å². The molecule has 14 heavy (non-hydrogen) atoms. The van der Waals surface area contributed by atoms with Crippen molar-refractivity contribution in [3.63, 3.8) is 0 Å². The maximum atomic E-state index is 10.0. The minimum Gasteiger partial charge on any atom is -0.507 e. The number of hydrogen-bond acceptors (Lipinski definition) is 2. The normalized spacial score (nSPS) is 21.4. The molecule has 1 aromatic carbocycles.